The van der Waals surface area contributed by atoms with Crippen molar-refractivity contribution >= 4 is 0 Å². The summed E-state index contributed by atoms with van der Waals surface area (Å²) < 4.78 is 8.47. The Hall–Kier alpha value is 0.386. The van der Waals surface area contributed by atoms with Crippen molar-refractivity contribution in [3.05, 3.63) is 19.3 Å². The molecule has 0 aliphatic carbocycles. The second-order valence-electron chi connectivity index (χ2n) is 5.14. The number of hydrogen-bond donors (Lipinski definition) is 1. The average Bonchev–Trinajstić information content (AvgIpc) is 2.14. The molecule has 0 amide bonds. The molecule has 114 valence electrons. The van der Waals surface area contributed by atoms with Crippen LogP contribution in [0.25, 0.3) is 0 Å². The van der Waals surface area contributed by atoms with Crippen LogP contribution in [0.1, 0.15) is 48.0 Å². The fourth-order valence-electron chi connectivity index (χ4n) is 0.529. The molecule has 0 aromatic heterocycles. The summed E-state index contributed by atoms with van der Waals surface area (Å²) in [6.45, 7) is 15.4. The predicted octanol–water partition coefficient (Wildman–Crippen LogP) is 3.63. The molecule has 0 saturated carbocycles. The molecular formula is C14H31CoO3. The third kappa shape index (κ3) is 55.2. The van der Waals surface area contributed by atoms with Crippen LogP contribution >= 0.6 is 0 Å². The molecule has 0 heterocycles. The van der Waals surface area contributed by atoms with Gasteiger partial charge in [-0.05, 0) is 0 Å². The van der Waals surface area contributed by atoms with E-state index in [4.69, 9.17) is 5.11 Å². The Morgan fingerprint density at radius 1 is 1.17 bits per heavy atom. The molecule has 0 atom stereocenters. The van der Waals surface area contributed by atoms with Crippen molar-refractivity contribution in [1.82, 2.24) is 0 Å². The first-order valence-corrected chi connectivity index (χ1v) is 5.74. The fourth-order valence-corrected chi connectivity index (χ4v) is 0.529. The van der Waals surface area contributed by atoms with Crippen molar-refractivity contribution in [1.29, 1.82) is 0 Å². The van der Waals surface area contributed by atoms with Gasteiger partial charge < -0.3 is 40.3 Å². The average molecular weight is 306 g/mol. The molecular weight excluding hydrogens is 275 g/mol. The van der Waals surface area contributed by atoms with Crippen molar-refractivity contribution in [3.8, 4) is 0 Å². The van der Waals surface area contributed by atoms with E-state index in [1.54, 1.807) is 0 Å². The maximum absolute atomic E-state index is 8.22. The second-order valence-corrected chi connectivity index (χ2v) is 5.14. The zero-order chi connectivity index (χ0) is 14.5. The molecule has 0 aromatic rings. The van der Waals surface area contributed by atoms with Crippen LogP contribution in [0.2, 0.25) is 0 Å². The molecule has 0 radical (unpaired) electrons. The first kappa shape index (κ1) is 26.9. The number of ether oxygens (including phenoxy) is 2. The summed E-state index contributed by atoms with van der Waals surface area (Å²) in [5, 5.41) is 8.22. The van der Waals surface area contributed by atoms with E-state index in [1.165, 1.54) is 20.1 Å². The maximum Gasteiger partial charge on any atom is 3.00 e. The van der Waals surface area contributed by atoms with E-state index in [0.717, 1.165) is 6.42 Å². The molecule has 0 aromatic carbocycles. The summed E-state index contributed by atoms with van der Waals surface area (Å²) >= 11 is 0. The van der Waals surface area contributed by atoms with Crippen LogP contribution in [-0.4, -0.2) is 25.8 Å². The molecule has 0 aliphatic rings. The van der Waals surface area contributed by atoms with Gasteiger partial charge in [0, 0.05) is 14.2 Å². The first-order chi connectivity index (χ1) is 7.60. The van der Waals surface area contributed by atoms with Gasteiger partial charge in [0.15, 0.2) is 0 Å². The summed E-state index contributed by atoms with van der Waals surface area (Å²) in [7, 11) is 2.71. The molecule has 0 saturated heterocycles. The van der Waals surface area contributed by atoms with Gasteiger partial charge in [-0.3, -0.25) is 0 Å². The summed E-state index contributed by atoms with van der Waals surface area (Å²) in [5.74, 6) is 1.42. The van der Waals surface area contributed by atoms with Crippen molar-refractivity contribution in [2.45, 2.75) is 54.4 Å². The van der Waals surface area contributed by atoms with Crippen LogP contribution in [0, 0.1) is 24.7 Å². The Labute approximate surface area is 125 Å². The van der Waals surface area contributed by atoms with E-state index in [-0.39, 0.29) is 16.8 Å². The summed E-state index contributed by atoms with van der Waals surface area (Å²) in [4.78, 5) is 0. The zero-order valence-corrected chi connectivity index (χ0v) is 14.2. The summed E-state index contributed by atoms with van der Waals surface area (Å²) in [6, 6.07) is 0. The largest absolute Gasteiger partial charge is 3.00 e. The van der Waals surface area contributed by atoms with Gasteiger partial charge in [0.05, 0.1) is 0 Å². The maximum atomic E-state index is 8.22. The number of aliphatic hydroxyl groups is 1. The van der Waals surface area contributed by atoms with E-state index in [0.29, 0.717) is 5.41 Å². The van der Waals surface area contributed by atoms with Crippen molar-refractivity contribution < 1.29 is 31.4 Å². The second kappa shape index (κ2) is 17.4. The molecule has 1 N–H and O–H groups in total. The van der Waals surface area contributed by atoms with Crippen LogP contribution in [0.15, 0.2) is 0 Å². The smallest absolute Gasteiger partial charge is 0.372 e. The molecule has 0 aliphatic heterocycles. The third-order valence-corrected chi connectivity index (χ3v) is 1.16. The molecule has 3 nitrogen and oxygen atoms in total. The van der Waals surface area contributed by atoms with E-state index in [1.807, 2.05) is 0 Å². The Morgan fingerprint density at radius 2 is 1.44 bits per heavy atom. The molecule has 0 spiro atoms. The SMILES string of the molecule is COC(O)OC.C[C-](C)C.[CH2-]C[CH-]C(C)(C)C.[Co+3]. The van der Waals surface area contributed by atoms with Gasteiger partial charge in [-0.2, -0.15) is 26.2 Å². The minimum absolute atomic E-state index is 0. The van der Waals surface area contributed by atoms with Gasteiger partial charge in [-0.15, -0.1) is 0 Å². The normalized spacial score (nSPS) is 10.0. The quantitative estimate of drug-likeness (QED) is 0.639. The van der Waals surface area contributed by atoms with Crippen LogP contribution in [-0.2, 0) is 26.3 Å². The van der Waals surface area contributed by atoms with E-state index in [9.17, 15) is 0 Å². The minimum atomic E-state index is -1.06. The van der Waals surface area contributed by atoms with Crippen LogP contribution in [0.5, 0.6) is 0 Å². The molecule has 18 heavy (non-hydrogen) atoms. The van der Waals surface area contributed by atoms with Gasteiger partial charge in [-0.25, -0.2) is 0 Å². The Balaban J connectivity index is -0.0000000823. The Bertz CT molecular complexity index is 127. The van der Waals surface area contributed by atoms with Gasteiger partial charge in [0.1, 0.15) is 0 Å². The Morgan fingerprint density at radius 3 is 1.44 bits per heavy atom. The zero-order valence-electron chi connectivity index (χ0n) is 13.2. The number of hydrogen-bond acceptors (Lipinski definition) is 3. The van der Waals surface area contributed by atoms with Crippen molar-refractivity contribution in [2.24, 2.45) is 5.41 Å². The molecule has 0 unspecified atom stereocenters. The number of aliphatic hydroxyl groups excluding tert-OH is 1. The molecule has 0 rings (SSSR count). The number of methoxy groups -OCH3 is 2. The molecule has 4 heteroatoms. The molecule has 0 fully saturated rings. The standard InChI is InChI=1S/C7H14.C4H9.C3H8O3.Co/c1-5-6-7(2,3)4;1-4(2)3;1-5-3(4)6-2;/h6H,1,5H2,2-4H3;1-3H3;3-4H,1-2H3;/q-2;-1;;+3. The first-order valence-electron chi connectivity index (χ1n) is 5.74. The summed E-state index contributed by atoms with van der Waals surface area (Å²) in [6.07, 6.45) is 3.14. The van der Waals surface area contributed by atoms with Gasteiger partial charge in [0.25, 0.3) is 6.48 Å². The van der Waals surface area contributed by atoms with Crippen LogP contribution < -0.4 is 0 Å². The molecule has 0 bridgehead atoms. The number of rotatable bonds is 3. The van der Waals surface area contributed by atoms with Gasteiger partial charge >= 0.3 is 16.8 Å². The van der Waals surface area contributed by atoms with Gasteiger partial charge in [-0.1, -0.05) is 20.8 Å². The predicted molar refractivity (Wildman–Crippen MR) is 74.0 cm³/mol. The van der Waals surface area contributed by atoms with E-state index < -0.39 is 6.48 Å². The topological polar surface area (TPSA) is 38.7 Å². The Kier molecular flexibility index (Phi) is 25.9. The van der Waals surface area contributed by atoms with E-state index >= 15 is 0 Å². The van der Waals surface area contributed by atoms with Crippen molar-refractivity contribution in [3.63, 3.8) is 0 Å². The monoisotopic (exact) mass is 306 g/mol. The van der Waals surface area contributed by atoms with E-state index in [2.05, 4.69) is 64.4 Å². The minimum Gasteiger partial charge on any atom is -0.372 e. The van der Waals surface area contributed by atoms with Crippen molar-refractivity contribution in [2.75, 3.05) is 14.2 Å². The van der Waals surface area contributed by atoms with Crippen LogP contribution in [0.4, 0.5) is 0 Å². The third-order valence-electron chi connectivity index (χ3n) is 1.16. The van der Waals surface area contributed by atoms with Crippen LogP contribution in [0.3, 0.4) is 0 Å². The fraction of sp³-hybridized carbons (Fsp3) is 0.786. The summed E-state index contributed by atoms with van der Waals surface area (Å²) in [5.41, 5.74) is 0.363. The van der Waals surface area contributed by atoms with Gasteiger partial charge in [0.2, 0.25) is 0 Å².